The summed E-state index contributed by atoms with van der Waals surface area (Å²) in [4.78, 5) is 9.15. The number of rotatable bonds is 8. The van der Waals surface area contributed by atoms with Crippen LogP contribution in [-0.4, -0.2) is 42.1 Å². The number of aryl methyl sites for hydroxylation is 1. The minimum Gasteiger partial charge on any atom is -0.379 e. The summed E-state index contributed by atoms with van der Waals surface area (Å²) in [5.74, 6) is 0.974. The van der Waals surface area contributed by atoms with E-state index >= 15 is 0 Å². The summed E-state index contributed by atoms with van der Waals surface area (Å²) in [6.07, 6.45) is -4.44. The summed E-state index contributed by atoms with van der Waals surface area (Å²) in [7, 11) is -1.10. The Kier molecular flexibility index (Phi) is 8.02. The molecule has 2 N–H and O–H groups in total. The van der Waals surface area contributed by atoms with Crippen molar-refractivity contribution >= 4 is 34.9 Å². The van der Waals surface area contributed by atoms with Crippen LogP contribution in [0, 0.1) is 13.8 Å². The Morgan fingerprint density at radius 3 is 2.24 bits per heavy atom. The van der Waals surface area contributed by atoms with Gasteiger partial charge in [0, 0.05) is 23.5 Å². The molecule has 2 aromatic carbocycles. The van der Waals surface area contributed by atoms with Crippen LogP contribution < -0.4 is 15.9 Å². The fraction of sp³-hybridized carbons (Fsp3) is 0.481. The minimum absolute atomic E-state index is 0.107. The van der Waals surface area contributed by atoms with Crippen molar-refractivity contribution in [3.8, 4) is 0 Å². The fourth-order valence-electron chi connectivity index (χ4n) is 4.25. The molecule has 0 fully saturated rings. The first-order valence-electron chi connectivity index (χ1n) is 12.1. The van der Waals surface area contributed by atoms with Gasteiger partial charge in [-0.25, -0.2) is 9.97 Å². The molecule has 0 amide bonds. The lowest BCUT2D eigenvalue weighted by molar-refractivity contribution is -0.138. The van der Waals surface area contributed by atoms with E-state index in [1.54, 1.807) is 40.4 Å². The van der Waals surface area contributed by atoms with Crippen LogP contribution in [0.15, 0.2) is 30.3 Å². The van der Waals surface area contributed by atoms with Gasteiger partial charge in [-0.1, -0.05) is 12.1 Å². The zero-order chi connectivity index (χ0) is 27.9. The van der Waals surface area contributed by atoms with E-state index in [0.29, 0.717) is 39.1 Å². The molecule has 0 saturated carbocycles. The number of ether oxygens (including phenoxy) is 1. The Morgan fingerprint density at radius 1 is 1.03 bits per heavy atom. The van der Waals surface area contributed by atoms with Gasteiger partial charge in [0.1, 0.15) is 18.8 Å². The Morgan fingerprint density at radius 2 is 1.68 bits per heavy atom. The number of hydrogen-bond acceptors (Lipinski definition) is 6. The first kappa shape index (κ1) is 28.9. The monoisotopic (exact) mass is 536 g/mol. The molecule has 202 valence electrons. The van der Waals surface area contributed by atoms with Gasteiger partial charge in [-0.05, 0) is 84.2 Å². The van der Waals surface area contributed by atoms with Gasteiger partial charge in [0.15, 0.2) is 0 Å². The molecular formula is C27H36F3N4O2P. The molecule has 0 bridgehead atoms. The summed E-state index contributed by atoms with van der Waals surface area (Å²) < 4.78 is 59.4. The van der Waals surface area contributed by atoms with Crippen LogP contribution in [0.5, 0.6) is 0 Å². The van der Waals surface area contributed by atoms with E-state index in [-0.39, 0.29) is 11.6 Å². The number of fused-ring (bicyclic) bond motifs is 1. The fourth-order valence-corrected chi connectivity index (χ4v) is 5.40. The van der Waals surface area contributed by atoms with Gasteiger partial charge in [-0.2, -0.15) is 13.2 Å². The van der Waals surface area contributed by atoms with Crippen molar-refractivity contribution in [1.82, 2.24) is 9.97 Å². The third-order valence-electron chi connectivity index (χ3n) is 6.95. The Balaban J connectivity index is 2.12. The third-order valence-corrected chi connectivity index (χ3v) is 8.48. The Labute approximate surface area is 216 Å². The standard InChI is InChI=1S/C27H36F3N4O2P/c1-15-19(11-10-12-21(15)27(28,29)30)16(2)31-25-20-13-24(37(8,9)35)23(14-22(20)33-18(4)34-25)32-17(3)26(5,6)36-7/h10-14,16-17,32H,1-9H3,(H,31,33,34)/t16-,17?/m1/s1. The Bertz CT molecular complexity index is 1350. The highest BCUT2D eigenvalue weighted by atomic mass is 31.2. The minimum atomic E-state index is -4.44. The predicted octanol–water partition coefficient (Wildman–Crippen LogP) is 6.91. The highest BCUT2D eigenvalue weighted by Crippen LogP contribution is 2.41. The highest BCUT2D eigenvalue weighted by molar-refractivity contribution is 7.70. The topological polar surface area (TPSA) is 76.1 Å². The normalized spacial score (nSPS) is 14.5. The molecular weight excluding hydrogens is 500 g/mol. The number of hydrogen-bond donors (Lipinski definition) is 2. The molecule has 0 saturated heterocycles. The van der Waals surface area contributed by atoms with Crippen molar-refractivity contribution < 1.29 is 22.5 Å². The van der Waals surface area contributed by atoms with Crippen molar-refractivity contribution in [3.05, 3.63) is 52.8 Å². The molecule has 3 aromatic rings. The van der Waals surface area contributed by atoms with E-state index in [4.69, 9.17) is 4.74 Å². The van der Waals surface area contributed by atoms with Crippen molar-refractivity contribution in [2.24, 2.45) is 0 Å². The molecule has 10 heteroatoms. The lowest BCUT2D eigenvalue weighted by Gasteiger charge is -2.32. The van der Waals surface area contributed by atoms with Gasteiger partial charge in [0.05, 0.1) is 28.8 Å². The van der Waals surface area contributed by atoms with E-state index in [2.05, 4.69) is 20.6 Å². The van der Waals surface area contributed by atoms with Gasteiger partial charge < -0.3 is 19.9 Å². The van der Waals surface area contributed by atoms with E-state index < -0.39 is 30.5 Å². The molecule has 3 rings (SSSR count). The first-order valence-corrected chi connectivity index (χ1v) is 14.7. The SMILES string of the molecule is COC(C)(C)C(C)Nc1cc2nc(C)nc(N[C@H](C)c3cccc(C(F)(F)F)c3C)c2cc1P(C)(C)=O. The van der Waals surface area contributed by atoms with Crippen molar-refractivity contribution in [1.29, 1.82) is 0 Å². The molecule has 0 aliphatic rings. The quantitative estimate of drug-likeness (QED) is 0.305. The van der Waals surface area contributed by atoms with Gasteiger partial charge in [-0.3, -0.25) is 0 Å². The number of methoxy groups -OCH3 is 1. The molecule has 37 heavy (non-hydrogen) atoms. The number of nitrogens with zero attached hydrogens (tertiary/aromatic N) is 2. The van der Waals surface area contributed by atoms with E-state index in [1.165, 1.54) is 13.0 Å². The molecule has 0 aliphatic carbocycles. The molecule has 2 atom stereocenters. The molecule has 6 nitrogen and oxygen atoms in total. The largest absolute Gasteiger partial charge is 0.416 e. The lowest BCUT2D eigenvalue weighted by Crippen LogP contribution is -2.42. The average molecular weight is 537 g/mol. The van der Waals surface area contributed by atoms with Crippen LogP contribution in [0.25, 0.3) is 10.9 Å². The maximum Gasteiger partial charge on any atom is 0.416 e. The number of benzene rings is 2. The molecule has 1 aromatic heterocycles. The number of alkyl halides is 3. The zero-order valence-electron chi connectivity index (χ0n) is 22.8. The number of aromatic nitrogens is 2. The van der Waals surface area contributed by atoms with Crippen molar-refractivity contribution in [2.45, 2.75) is 65.4 Å². The first-order chi connectivity index (χ1) is 17.0. The molecule has 0 radical (unpaired) electrons. The van der Waals surface area contributed by atoms with Crippen LogP contribution in [0.2, 0.25) is 0 Å². The molecule has 0 aliphatic heterocycles. The van der Waals surface area contributed by atoms with E-state index in [0.717, 1.165) is 6.07 Å². The zero-order valence-corrected chi connectivity index (χ0v) is 23.7. The van der Waals surface area contributed by atoms with E-state index in [9.17, 15) is 17.7 Å². The van der Waals surface area contributed by atoms with Gasteiger partial charge in [0.25, 0.3) is 0 Å². The number of nitrogens with one attached hydrogen (secondary N) is 2. The van der Waals surface area contributed by atoms with Crippen molar-refractivity contribution in [2.75, 3.05) is 31.1 Å². The average Bonchev–Trinajstić information content (AvgIpc) is 2.76. The van der Waals surface area contributed by atoms with Gasteiger partial charge in [-0.15, -0.1) is 0 Å². The smallest absolute Gasteiger partial charge is 0.379 e. The highest BCUT2D eigenvalue weighted by Gasteiger charge is 2.33. The van der Waals surface area contributed by atoms with Crippen LogP contribution in [0.1, 0.15) is 56.3 Å². The predicted molar refractivity (Wildman–Crippen MR) is 146 cm³/mol. The summed E-state index contributed by atoms with van der Waals surface area (Å²) in [6, 6.07) is 7.27. The molecule has 1 unspecified atom stereocenters. The maximum atomic E-state index is 13.5. The lowest BCUT2D eigenvalue weighted by atomic mass is 9.97. The second kappa shape index (κ2) is 10.3. The van der Waals surface area contributed by atoms with Gasteiger partial charge in [0.2, 0.25) is 0 Å². The van der Waals surface area contributed by atoms with Crippen LogP contribution in [0.4, 0.5) is 24.7 Å². The third kappa shape index (κ3) is 6.27. The second-order valence-electron chi connectivity index (χ2n) is 10.4. The summed E-state index contributed by atoms with van der Waals surface area (Å²) >= 11 is 0. The number of halogens is 3. The van der Waals surface area contributed by atoms with Gasteiger partial charge >= 0.3 is 6.18 Å². The maximum absolute atomic E-state index is 13.5. The molecule has 0 spiro atoms. The van der Waals surface area contributed by atoms with Crippen LogP contribution in [-0.2, 0) is 15.5 Å². The summed E-state index contributed by atoms with van der Waals surface area (Å²) in [5.41, 5.74) is 0.869. The van der Waals surface area contributed by atoms with Crippen LogP contribution in [0.3, 0.4) is 0 Å². The number of anilines is 2. The van der Waals surface area contributed by atoms with E-state index in [1.807, 2.05) is 32.9 Å². The van der Waals surface area contributed by atoms with Crippen molar-refractivity contribution in [3.63, 3.8) is 0 Å². The Hall–Kier alpha value is -2.64. The summed E-state index contributed by atoms with van der Waals surface area (Å²) in [6.45, 7) is 14.3. The second-order valence-corrected chi connectivity index (χ2v) is 13.6. The van der Waals surface area contributed by atoms with Crippen LogP contribution >= 0.6 is 7.14 Å². The summed E-state index contributed by atoms with van der Waals surface area (Å²) in [5, 5.41) is 8.01. The molecule has 1 heterocycles.